The van der Waals surface area contributed by atoms with Crippen molar-refractivity contribution in [1.82, 2.24) is 0 Å². The maximum atomic E-state index is 10.9. The number of carboxylic acid groups (broad SMARTS) is 1. The zero-order valence-electron chi connectivity index (χ0n) is 18.8. The van der Waals surface area contributed by atoms with Crippen LogP contribution in [0.1, 0.15) is 126 Å². The minimum Gasteiger partial charge on any atom is -0.481 e. The van der Waals surface area contributed by atoms with E-state index in [-0.39, 0.29) is 0 Å². The number of carboxylic acids is 1. The average Bonchev–Trinajstić information content (AvgIpc) is 2.63. The Morgan fingerprint density at radius 3 is 1.71 bits per heavy atom. The number of benzene rings is 1. The number of rotatable bonds is 17. The van der Waals surface area contributed by atoms with Crippen molar-refractivity contribution in [2.75, 3.05) is 0 Å². The van der Waals surface area contributed by atoms with Crippen molar-refractivity contribution >= 4 is 5.97 Å². The lowest BCUT2D eigenvalue weighted by atomic mass is 9.87. The summed E-state index contributed by atoms with van der Waals surface area (Å²) in [5, 5.41) is 8.96. The fourth-order valence-corrected chi connectivity index (χ4v) is 4.28. The first-order chi connectivity index (χ1) is 13.5. The largest absolute Gasteiger partial charge is 0.481 e. The van der Waals surface area contributed by atoms with E-state index in [1.54, 1.807) is 0 Å². The van der Waals surface area contributed by atoms with E-state index in [0.717, 1.165) is 12.8 Å². The second-order valence-electron chi connectivity index (χ2n) is 8.73. The molecule has 1 aromatic rings. The van der Waals surface area contributed by atoms with Gasteiger partial charge in [-0.3, -0.25) is 4.79 Å². The SMILES string of the molecule is CCCCCCCCCCCCCC(CCCC(=O)O)c1cc(C)cc(C)c1. The predicted octanol–water partition coefficient (Wildman–Crippen LogP) is 8.34. The van der Waals surface area contributed by atoms with Crippen molar-refractivity contribution < 1.29 is 9.90 Å². The van der Waals surface area contributed by atoms with E-state index in [9.17, 15) is 4.79 Å². The summed E-state index contributed by atoms with van der Waals surface area (Å²) in [7, 11) is 0. The van der Waals surface area contributed by atoms with Crippen LogP contribution in [0.2, 0.25) is 0 Å². The third-order valence-electron chi connectivity index (χ3n) is 5.81. The summed E-state index contributed by atoms with van der Waals surface area (Å²) in [6.45, 7) is 6.59. The summed E-state index contributed by atoms with van der Waals surface area (Å²) < 4.78 is 0. The molecule has 0 bridgehead atoms. The molecule has 1 rings (SSSR count). The van der Waals surface area contributed by atoms with Crippen molar-refractivity contribution in [2.24, 2.45) is 0 Å². The van der Waals surface area contributed by atoms with Gasteiger partial charge in [0.2, 0.25) is 0 Å². The Morgan fingerprint density at radius 1 is 0.750 bits per heavy atom. The van der Waals surface area contributed by atoms with Crippen molar-refractivity contribution in [3.63, 3.8) is 0 Å². The molecule has 28 heavy (non-hydrogen) atoms. The zero-order chi connectivity index (χ0) is 20.6. The third kappa shape index (κ3) is 12.2. The molecule has 0 spiro atoms. The lowest BCUT2D eigenvalue weighted by molar-refractivity contribution is -0.137. The van der Waals surface area contributed by atoms with Gasteiger partial charge in [-0.05, 0) is 44.6 Å². The number of carbonyl (C=O) groups is 1. The minimum atomic E-state index is -0.672. The van der Waals surface area contributed by atoms with Crippen LogP contribution in [0.3, 0.4) is 0 Å². The third-order valence-corrected chi connectivity index (χ3v) is 5.81. The maximum absolute atomic E-state index is 10.9. The zero-order valence-corrected chi connectivity index (χ0v) is 18.8. The number of aryl methyl sites for hydroxylation is 2. The number of hydrogen-bond acceptors (Lipinski definition) is 1. The predicted molar refractivity (Wildman–Crippen MR) is 121 cm³/mol. The first-order valence-electron chi connectivity index (χ1n) is 11.8. The Bertz CT molecular complexity index is 515. The molecule has 0 fully saturated rings. The molecule has 0 aliphatic rings. The molecule has 0 saturated heterocycles. The van der Waals surface area contributed by atoms with Crippen LogP contribution >= 0.6 is 0 Å². The highest BCUT2D eigenvalue weighted by atomic mass is 16.4. The monoisotopic (exact) mass is 388 g/mol. The van der Waals surface area contributed by atoms with Crippen LogP contribution in [0.25, 0.3) is 0 Å². The highest BCUT2D eigenvalue weighted by Gasteiger charge is 2.13. The molecular weight excluding hydrogens is 344 g/mol. The summed E-state index contributed by atoms with van der Waals surface area (Å²) in [5.41, 5.74) is 4.05. The van der Waals surface area contributed by atoms with Crippen molar-refractivity contribution in [3.05, 3.63) is 34.9 Å². The molecule has 2 heteroatoms. The van der Waals surface area contributed by atoms with E-state index in [1.807, 2.05) is 0 Å². The normalized spacial score (nSPS) is 12.2. The molecule has 2 nitrogen and oxygen atoms in total. The van der Waals surface area contributed by atoms with Crippen LogP contribution in [0.15, 0.2) is 18.2 Å². The quantitative estimate of drug-likeness (QED) is 0.272. The molecular formula is C26H44O2. The van der Waals surface area contributed by atoms with E-state index < -0.39 is 5.97 Å². The van der Waals surface area contributed by atoms with Gasteiger partial charge in [-0.15, -0.1) is 0 Å². The van der Waals surface area contributed by atoms with Crippen LogP contribution in [0.4, 0.5) is 0 Å². The van der Waals surface area contributed by atoms with Gasteiger partial charge in [-0.1, -0.05) is 107 Å². The smallest absolute Gasteiger partial charge is 0.303 e. The average molecular weight is 389 g/mol. The lowest BCUT2D eigenvalue weighted by Crippen LogP contribution is -2.03. The van der Waals surface area contributed by atoms with Crippen molar-refractivity contribution in [3.8, 4) is 0 Å². The molecule has 1 aromatic carbocycles. The molecule has 0 aromatic heterocycles. The summed E-state index contributed by atoms with van der Waals surface area (Å²) in [6, 6.07) is 6.83. The van der Waals surface area contributed by atoms with Crippen LogP contribution in [0, 0.1) is 13.8 Å². The standard InChI is InChI=1S/C26H44O2/c1-4-5-6-7-8-9-10-11-12-13-14-16-24(17-15-18-26(27)28)25-20-22(2)19-23(3)21-25/h19-21,24H,4-18H2,1-3H3,(H,27,28). The Kier molecular flexibility index (Phi) is 13.8. The number of unbranched alkanes of at least 4 members (excludes halogenated alkanes) is 10. The van der Waals surface area contributed by atoms with Crippen LogP contribution in [0.5, 0.6) is 0 Å². The highest BCUT2D eigenvalue weighted by molar-refractivity contribution is 5.66. The molecule has 0 radical (unpaired) electrons. The molecule has 0 saturated carbocycles. The van der Waals surface area contributed by atoms with Crippen LogP contribution in [-0.4, -0.2) is 11.1 Å². The fraction of sp³-hybridized carbons (Fsp3) is 0.731. The molecule has 1 unspecified atom stereocenters. The van der Waals surface area contributed by atoms with Crippen molar-refractivity contribution in [1.29, 1.82) is 0 Å². The lowest BCUT2D eigenvalue weighted by Gasteiger charge is -2.18. The summed E-state index contributed by atoms with van der Waals surface area (Å²) >= 11 is 0. The van der Waals surface area contributed by atoms with Crippen LogP contribution in [-0.2, 0) is 4.79 Å². The minimum absolute atomic E-state index is 0.291. The first kappa shape index (κ1) is 24.7. The van der Waals surface area contributed by atoms with Gasteiger partial charge in [0.1, 0.15) is 0 Å². The molecule has 160 valence electrons. The van der Waals surface area contributed by atoms with Crippen molar-refractivity contribution in [2.45, 2.75) is 123 Å². The van der Waals surface area contributed by atoms with Gasteiger partial charge in [-0.25, -0.2) is 0 Å². The molecule has 0 amide bonds. The molecule has 0 aliphatic carbocycles. The Morgan fingerprint density at radius 2 is 1.21 bits per heavy atom. The molecule has 0 aliphatic heterocycles. The Labute approximate surface area is 174 Å². The number of aliphatic carboxylic acids is 1. The van der Waals surface area contributed by atoms with Gasteiger partial charge >= 0.3 is 5.97 Å². The number of hydrogen-bond donors (Lipinski definition) is 1. The second kappa shape index (κ2) is 15.6. The van der Waals surface area contributed by atoms with Crippen LogP contribution < -0.4 is 0 Å². The summed E-state index contributed by atoms with van der Waals surface area (Å²) in [4.78, 5) is 10.9. The topological polar surface area (TPSA) is 37.3 Å². The van der Waals surface area contributed by atoms with Gasteiger partial charge in [0.15, 0.2) is 0 Å². The second-order valence-corrected chi connectivity index (χ2v) is 8.73. The van der Waals surface area contributed by atoms with Gasteiger partial charge in [0.05, 0.1) is 0 Å². The van der Waals surface area contributed by atoms with Gasteiger partial charge in [0, 0.05) is 6.42 Å². The van der Waals surface area contributed by atoms with E-state index in [4.69, 9.17) is 5.11 Å². The molecule has 1 N–H and O–H groups in total. The van der Waals surface area contributed by atoms with E-state index >= 15 is 0 Å². The molecule has 0 heterocycles. The van der Waals surface area contributed by atoms with E-state index in [2.05, 4.69) is 39.0 Å². The maximum Gasteiger partial charge on any atom is 0.303 e. The Balaban J connectivity index is 2.28. The Hall–Kier alpha value is -1.31. The fourth-order valence-electron chi connectivity index (χ4n) is 4.28. The highest BCUT2D eigenvalue weighted by Crippen LogP contribution is 2.29. The summed E-state index contributed by atoms with van der Waals surface area (Å²) in [5.74, 6) is -0.162. The van der Waals surface area contributed by atoms with Gasteiger partial charge in [-0.2, -0.15) is 0 Å². The van der Waals surface area contributed by atoms with E-state index in [0.29, 0.717) is 12.3 Å². The molecule has 1 atom stereocenters. The van der Waals surface area contributed by atoms with Gasteiger partial charge < -0.3 is 5.11 Å². The first-order valence-corrected chi connectivity index (χ1v) is 11.8. The van der Waals surface area contributed by atoms with E-state index in [1.165, 1.54) is 93.7 Å². The van der Waals surface area contributed by atoms with Gasteiger partial charge in [0.25, 0.3) is 0 Å². The summed E-state index contributed by atoms with van der Waals surface area (Å²) in [6.07, 6.45) is 18.3.